The second-order valence-corrected chi connectivity index (χ2v) is 8.60. The van der Waals surface area contributed by atoms with Crippen LogP contribution in [-0.4, -0.2) is 48.1 Å². The van der Waals surface area contributed by atoms with E-state index in [0.29, 0.717) is 18.6 Å². The molecule has 1 aromatic heterocycles. The van der Waals surface area contributed by atoms with E-state index in [1.165, 1.54) is 0 Å². The van der Waals surface area contributed by atoms with Crippen LogP contribution in [0.2, 0.25) is 0 Å². The van der Waals surface area contributed by atoms with Gasteiger partial charge in [0.05, 0.1) is 12.2 Å². The summed E-state index contributed by atoms with van der Waals surface area (Å²) in [6.07, 6.45) is 0. The lowest BCUT2D eigenvalue weighted by molar-refractivity contribution is 0.178. The summed E-state index contributed by atoms with van der Waals surface area (Å²) < 4.78 is 0. The van der Waals surface area contributed by atoms with Crippen molar-refractivity contribution in [3.05, 3.63) is 16.1 Å². The molecule has 0 unspecified atom stereocenters. The van der Waals surface area contributed by atoms with E-state index in [-0.39, 0.29) is 5.41 Å². The van der Waals surface area contributed by atoms with Crippen LogP contribution in [0.15, 0.2) is 10.4 Å². The molecule has 1 rings (SSSR count). The molecule has 0 saturated heterocycles. The molecule has 0 aliphatic rings. The molecular weight excluding hydrogens is 318 g/mol. The van der Waals surface area contributed by atoms with Gasteiger partial charge < -0.3 is 10.6 Å². The highest BCUT2D eigenvalue weighted by Gasteiger charge is 2.17. The van der Waals surface area contributed by atoms with Gasteiger partial charge in [-0.05, 0) is 27.7 Å². The van der Waals surface area contributed by atoms with E-state index >= 15 is 0 Å². The number of guanidine groups is 1. The van der Waals surface area contributed by atoms with Gasteiger partial charge in [0.15, 0.2) is 5.96 Å². The number of aliphatic imine (C=N–C) groups is 1. The Morgan fingerprint density at radius 1 is 1.21 bits per heavy atom. The minimum Gasteiger partial charge on any atom is -0.355 e. The highest BCUT2D eigenvalue weighted by atomic mass is 32.1. The molecule has 0 atom stereocenters. The Labute approximate surface area is 152 Å². The van der Waals surface area contributed by atoms with Crippen LogP contribution in [0.1, 0.15) is 59.2 Å². The van der Waals surface area contributed by atoms with E-state index in [9.17, 15) is 0 Å². The summed E-state index contributed by atoms with van der Waals surface area (Å²) in [5.74, 6) is 0.829. The lowest BCUT2D eigenvalue weighted by Crippen LogP contribution is -2.45. The molecule has 0 aliphatic carbocycles. The molecule has 0 aromatic carbocycles. The van der Waals surface area contributed by atoms with Crippen molar-refractivity contribution in [1.82, 2.24) is 20.5 Å². The normalized spacial score (nSPS) is 13.2. The first-order valence-corrected chi connectivity index (χ1v) is 9.68. The van der Waals surface area contributed by atoms with Crippen molar-refractivity contribution < 1.29 is 0 Å². The molecule has 0 fully saturated rings. The lowest BCUT2D eigenvalue weighted by Gasteiger charge is -2.30. The molecule has 0 amide bonds. The third-order valence-corrected chi connectivity index (χ3v) is 4.79. The molecule has 1 aromatic rings. The first-order chi connectivity index (χ1) is 11.1. The maximum absolute atomic E-state index is 4.71. The average molecular weight is 354 g/mol. The third-order valence-electron chi connectivity index (χ3n) is 3.94. The van der Waals surface area contributed by atoms with Crippen LogP contribution in [0.5, 0.6) is 0 Å². The van der Waals surface area contributed by atoms with Crippen LogP contribution in [0, 0.1) is 0 Å². The summed E-state index contributed by atoms with van der Waals surface area (Å²) in [6.45, 7) is 18.1. The van der Waals surface area contributed by atoms with Gasteiger partial charge in [0.2, 0.25) is 0 Å². The monoisotopic (exact) mass is 353 g/mol. The molecule has 2 N–H and O–H groups in total. The van der Waals surface area contributed by atoms with E-state index in [1.54, 1.807) is 18.4 Å². The SMILES string of the molecule is CN=C(NCCN(C(C)C)C(C)C)NCc1nc(C(C)(C)C)cs1. The van der Waals surface area contributed by atoms with Gasteiger partial charge in [-0.1, -0.05) is 20.8 Å². The average Bonchev–Trinajstić information content (AvgIpc) is 2.94. The Bertz CT molecular complexity index is 506. The first-order valence-electron chi connectivity index (χ1n) is 8.80. The molecule has 0 aliphatic heterocycles. The van der Waals surface area contributed by atoms with Crippen molar-refractivity contribution in [2.45, 2.75) is 72.5 Å². The van der Waals surface area contributed by atoms with E-state index in [0.717, 1.165) is 29.8 Å². The third kappa shape index (κ3) is 6.77. The number of nitrogens with zero attached hydrogens (tertiary/aromatic N) is 3. The Kier molecular flexibility index (Phi) is 8.16. The van der Waals surface area contributed by atoms with Gasteiger partial charge in [-0.15, -0.1) is 11.3 Å². The number of aromatic nitrogens is 1. The maximum Gasteiger partial charge on any atom is 0.191 e. The zero-order chi connectivity index (χ0) is 18.3. The molecule has 138 valence electrons. The molecular formula is C18H35N5S. The zero-order valence-corrected chi connectivity index (χ0v) is 17.4. The molecule has 1 heterocycles. The zero-order valence-electron chi connectivity index (χ0n) is 16.6. The standard InChI is InChI=1S/C18H35N5S/c1-13(2)23(14(3)4)10-9-20-17(19-8)21-11-16-22-15(12-24-16)18(5,6)7/h12-14H,9-11H2,1-8H3,(H2,19,20,21). The highest BCUT2D eigenvalue weighted by Crippen LogP contribution is 2.23. The largest absolute Gasteiger partial charge is 0.355 e. The maximum atomic E-state index is 4.71. The lowest BCUT2D eigenvalue weighted by atomic mass is 9.93. The Balaban J connectivity index is 2.44. The summed E-state index contributed by atoms with van der Waals surface area (Å²) in [5.41, 5.74) is 1.25. The van der Waals surface area contributed by atoms with Crippen LogP contribution in [0.25, 0.3) is 0 Å². The summed E-state index contributed by atoms with van der Waals surface area (Å²) in [7, 11) is 1.81. The van der Waals surface area contributed by atoms with E-state index < -0.39 is 0 Å². The van der Waals surface area contributed by atoms with Crippen molar-refractivity contribution >= 4 is 17.3 Å². The molecule has 0 bridgehead atoms. The van der Waals surface area contributed by atoms with Crippen molar-refractivity contribution in [2.24, 2.45) is 4.99 Å². The van der Waals surface area contributed by atoms with E-state index in [4.69, 9.17) is 4.98 Å². The van der Waals surface area contributed by atoms with Crippen molar-refractivity contribution in [2.75, 3.05) is 20.1 Å². The molecule has 24 heavy (non-hydrogen) atoms. The molecule has 5 nitrogen and oxygen atoms in total. The van der Waals surface area contributed by atoms with Crippen LogP contribution in [0.3, 0.4) is 0 Å². The van der Waals surface area contributed by atoms with Gasteiger partial charge in [-0.25, -0.2) is 4.98 Å². The van der Waals surface area contributed by atoms with E-state index in [1.807, 2.05) is 0 Å². The quantitative estimate of drug-likeness (QED) is 0.584. The number of hydrogen-bond donors (Lipinski definition) is 2. The van der Waals surface area contributed by atoms with Gasteiger partial charge in [-0.2, -0.15) is 0 Å². The van der Waals surface area contributed by atoms with Gasteiger partial charge >= 0.3 is 0 Å². The second kappa shape index (κ2) is 9.37. The molecule has 6 heteroatoms. The molecule has 0 saturated carbocycles. The summed E-state index contributed by atoms with van der Waals surface area (Å²) in [4.78, 5) is 11.5. The predicted molar refractivity (Wildman–Crippen MR) is 106 cm³/mol. The Hall–Kier alpha value is -1.14. The second-order valence-electron chi connectivity index (χ2n) is 7.65. The Morgan fingerprint density at radius 3 is 2.29 bits per heavy atom. The molecule has 0 radical (unpaired) electrons. The van der Waals surface area contributed by atoms with Crippen molar-refractivity contribution in [3.63, 3.8) is 0 Å². The topological polar surface area (TPSA) is 52.6 Å². The Morgan fingerprint density at radius 2 is 1.83 bits per heavy atom. The van der Waals surface area contributed by atoms with Crippen LogP contribution >= 0.6 is 11.3 Å². The van der Waals surface area contributed by atoms with Gasteiger partial charge in [0.1, 0.15) is 5.01 Å². The van der Waals surface area contributed by atoms with Gasteiger partial charge in [-0.3, -0.25) is 9.89 Å². The molecule has 0 spiro atoms. The number of rotatable bonds is 7. The van der Waals surface area contributed by atoms with Gasteiger partial charge in [0, 0.05) is 43.0 Å². The smallest absolute Gasteiger partial charge is 0.191 e. The van der Waals surface area contributed by atoms with Crippen molar-refractivity contribution in [1.29, 1.82) is 0 Å². The van der Waals surface area contributed by atoms with Crippen molar-refractivity contribution in [3.8, 4) is 0 Å². The summed E-state index contributed by atoms with van der Waals surface area (Å²) in [6, 6.07) is 1.10. The first kappa shape index (κ1) is 20.9. The fourth-order valence-corrected chi connectivity index (χ4v) is 3.49. The minimum absolute atomic E-state index is 0.103. The number of hydrogen-bond acceptors (Lipinski definition) is 4. The van der Waals surface area contributed by atoms with Gasteiger partial charge in [0.25, 0.3) is 0 Å². The fraction of sp³-hybridized carbons (Fsp3) is 0.778. The number of nitrogens with one attached hydrogen (secondary N) is 2. The summed E-state index contributed by atoms with van der Waals surface area (Å²) >= 11 is 1.70. The fourth-order valence-electron chi connectivity index (χ4n) is 2.53. The highest BCUT2D eigenvalue weighted by molar-refractivity contribution is 7.09. The minimum atomic E-state index is 0.103. The predicted octanol–water partition coefficient (Wildman–Crippen LogP) is 3.22. The number of thiazole rings is 1. The van der Waals surface area contributed by atoms with E-state index in [2.05, 4.69) is 74.4 Å². The van der Waals surface area contributed by atoms with Crippen LogP contribution < -0.4 is 10.6 Å². The summed E-state index contributed by atoms with van der Waals surface area (Å²) in [5, 5.41) is 9.98. The van der Waals surface area contributed by atoms with Crippen LogP contribution in [-0.2, 0) is 12.0 Å². The van der Waals surface area contributed by atoms with Crippen LogP contribution in [0.4, 0.5) is 0 Å².